The van der Waals surface area contributed by atoms with Gasteiger partial charge in [-0.25, -0.2) is 9.97 Å². The summed E-state index contributed by atoms with van der Waals surface area (Å²) in [6.45, 7) is 4.57. The van der Waals surface area contributed by atoms with E-state index in [9.17, 15) is 0 Å². The van der Waals surface area contributed by atoms with Crippen LogP contribution in [0.15, 0.2) is 18.5 Å². The lowest BCUT2D eigenvalue weighted by Crippen LogP contribution is -2.07. The highest BCUT2D eigenvalue weighted by atomic mass is 35.5. The van der Waals surface area contributed by atoms with Crippen LogP contribution in [0.5, 0.6) is 0 Å². The highest BCUT2D eigenvalue weighted by Gasteiger charge is 2.10. The van der Waals surface area contributed by atoms with Crippen LogP contribution < -0.4 is 0 Å². The molecule has 84 valence electrons. The van der Waals surface area contributed by atoms with Gasteiger partial charge in [-0.2, -0.15) is 5.10 Å². The molecule has 0 aliphatic rings. The van der Waals surface area contributed by atoms with Crippen LogP contribution in [0.1, 0.15) is 22.8 Å². The molecule has 2 rings (SSSR count). The van der Waals surface area contributed by atoms with Crippen molar-refractivity contribution in [1.82, 2.24) is 19.7 Å². The highest BCUT2D eigenvalue weighted by molar-refractivity contribution is 6.17. The van der Waals surface area contributed by atoms with Gasteiger partial charge in [0, 0.05) is 23.7 Å². The third-order valence-corrected chi connectivity index (χ3v) is 2.84. The van der Waals surface area contributed by atoms with Crippen LogP contribution in [0.3, 0.4) is 0 Å². The van der Waals surface area contributed by atoms with Crippen molar-refractivity contribution in [3.05, 3.63) is 41.2 Å². The van der Waals surface area contributed by atoms with Gasteiger partial charge in [-0.3, -0.25) is 4.68 Å². The first-order valence-corrected chi connectivity index (χ1v) is 5.60. The quantitative estimate of drug-likeness (QED) is 0.767. The molecule has 16 heavy (non-hydrogen) atoms. The molecule has 0 bridgehead atoms. The van der Waals surface area contributed by atoms with Crippen molar-refractivity contribution in [2.24, 2.45) is 0 Å². The number of aromatic nitrogens is 4. The molecule has 0 amide bonds. The summed E-state index contributed by atoms with van der Waals surface area (Å²) in [6.07, 6.45) is 3.47. The average Bonchev–Trinajstić information content (AvgIpc) is 2.55. The Hall–Kier alpha value is -1.42. The fourth-order valence-corrected chi connectivity index (χ4v) is 2.01. The van der Waals surface area contributed by atoms with Gasteiger partial charge in [0.15, 0.2) is 0 Å². The maximum absolute atomic E-state index is 5.87. The normalized spacial score (nSPS) is 10.7. The molecule has 0 aliphatic heterocycles. The van der Waals surface area contributed by atoms with Crippen molar-refractivity contribution in [2.45, 2.75) is 26.3 Å². The Morgan fingerprint density at radius 3 is 2.50 bits per heavy atom. The first-order chi connectivity index (χ1) is 7.72. The number of aryl methyl sites for hydroxylation is 1. The minimum absolute atomic E-state index is 0.493. The van der Waals surface area contributed by atoms with Gasteiger partial charge in [-0.15, -0.1) is 11.6 Å². The molecule has 0 saturated carbocycles. The van der Waals surface area contributed by atoms with E-state index < -0.39 is 0 Å². The molecule has 0 fully saturated rings. The Bertz CT molecular complexity index is 478. The maximum Gasteiger partial charge on any atom is 0.149 e. The molecule has 2 aromatic rings. The summed E-state index contributed by atoms with van der Waals surface area (Å²) in [6, 6.07) is 1.80. The highest BCUT2D eigenvalue weighted by Crippen LogP contribution is 2.15. The summed E-state index contributed by atoms with van der Waals surface area (Å²) in [5, 5.41) is 4.43. The van der Waals surface area contributed by atoms with Crippen LogP contribution in [0.25, 0.3) is 0 Å². The minimum atomic E-state index is 0.493. The zero-order chi connectivity index (χ0) is 11.5. The summed E-state index contributed by atoms with van der Waals surface area (Å²) >= 11 is 5.87. The zero-order valence-electron chi connectivity index (χ0n) is 9.31. The van der Waals surface area contributed by atoms with Gasteiger partial charge >= 0.3 is 0 Å². The van der Waals surface area contributed by atoms with E-state index in [1.165, 1.54) is 0 Å². The summed E-state index contributed by atoms with van der Waals surface area (Å²) in [7, 11) is 0. The van der Waals surface area contributed by atoms with E-state index in [-0.39, 0.29) is 0 Å². The van der Waals surface area contributed by atoms with Gasteiger partial charge in [0.25, 0.3) is 0 Å². The molecule has 0 aromatic carbocycles. The topological polar surface area (TPSA) is 43.6 Å². The van der Waals surface area contributed by atoms with Gasteiger partial charge in [-0.1, -0.05) is 0 Å². The number of hydrogen-bond acceptors (Lipinski definition) is 3. The van der Waals surface area contributed by atoms with Gasteiger partial charge < -0.3 is 0 Å². The van der Waals surface area contributed by atoms with Crippen LogP contribution in [0, 0.1) is 13.8 Å². The van der Waals surface area contributed by atoms with Crippen molar-refractivity contribution in [3.8, 4) is 0 Å². The zero-order valence-corrected chi connectivity index (χ0v) is 10.1. The monoisotopic (exact) mass is 236 g/mol. The van der Waals surface area contributed by atoms with Gasteiger partial charge in [-0.05, 0) is 19.9 Å². The minimum Gasteiger partial charge on any atom is -0.262 e. The predicted octanol–water partition coefficient (Wildman–Crippen LogP) is 2.08. The maximum atomic E-state index is 5.87. The first-order valence-electron chi connectivity index (χ1n) is 5.07. The Morgan fingerprint density at radius 1 is 1.25 bits per heavy atom. The van der Waals surface area contributed by atoms with Crippen molar-refractivity contribution >= 4 is 11.6 Å². The van der Waals surface area contributed by atoms with Crippen molar-refractivity contribution < 1.29 is 0 Å². The van der Waals surface area contributed by atoms with E-state index >= 15 is 0 Å². The van der Waals surface area contributed by atoms with Gasteiger partial charge in [0.1, 0.15) is 12.4 Å². The van der Waals surface area contributed by atoms with E-state index in [1.807, 2.05) is 18.5 Å². The third-order valence-electron chi connectivity index (χ3n) is 2.58. The molecule has 0 N–H and O–H groups in total. The summed E-state index contributed by atoms with van der Waals surface area (Å²) in [5.41, 5.74) is 3.15. The molecular formula is C11H13ClN4. The molecule has 0 aliphatic carbocycles. The van der Waals surface area contributed by atoms with Gasteiger partial charge in [0.2, 0.25) is 0 Å². The summed E-state index contributed by atoms with van der Waals surface area (Å²) < 4.78 is 1.89. The standard InChI is InChI=1S/C11H13ClN4/c1-8-10(6-12)9(2)16(15-8)7-11-13-4-3-5-14-11/h3-5H,6-7H2,1-2H3. The fraction of sp³-hybridized carbons (Fsp3) is 0.364. The van der Waals surface area contributed by atoms with E-state index in [1.54, 1.807) is 18.5 Å². The molecule has 2 aromatic heterocycles. The van der Waals surface area contributed by atoms with Crippen LogP contribution in [-0.2, 0) is 12.4 Å². The molecule has 0 spiro atoms. The lowest BCUT2D eigenvalue weighted by atomic mass is 10.2. The largest absolute Gasteiger partial charge is 0.262 e. The van der Waals surface area contributed by atoms with Crippen LogP contribution >= 0.6 is 11.6 Å². The van der Waals surface area contributed by atoms with Crippen molar-refractivity contribution in [1.29, 1.82) is 0 Å². The van der Waals surface area contributed by atoms with E-state index in [0.29, 0.717) is 12.4 Å². The van der Waals surface area contributed by atoms with Crippen LogP contribution in [0.4, 0.5) is 0 Å². The molecule has 4 nitrogen and oxygen atoms in total. The fourth-order valence-electron chi connectivity index (χ4n) is 1.63. The van der Waals surface area contributed by atoms with Gasteiger partial charge in [0.05, 0.1) is 11.6 Å². The van der Waals surface area contributed by atoms with E-state index in [0.717, 1.165) is 22.8 Å². The molecule has 0 atom stereocenters. The van der Waals surface area contributed by atoms with Crippen LogP contribution in [0.2, 0.25) is 0 Å². The number of rotatable bonds is 3. The Kier molecular flexibility index (Phi) is 3.19. The third kappa shape index (κ3) is 2.07. The molecule has 0 unspecified atom stereocenters. The lowest BCUT2D eigenvalue weighted by molar-refractivity contribution is 0.631. The lowest BCUT2D eigenvalue weighted by Gasteiger charge is -2.03. The van der Waals surface area contributed by atoms with E-state index in [2.05, 4.69) is 15.1 Å². The van der Waals surface area contributed by atoms with Crippen molar-refractivity contribution in [2.75, 3.05) is 0 Å². The second-order valence-electron chi connectivity index (χ2n) is 3.61. The Balaban J connectivity index is 2.29. The first kappa shape index (κ1) is 11.1. The molecule has 2 heterocycles. The molecule has 5 heteroatoms. The Labute approximate surface area is 99.3 Å². The number of hydrogen-bond donors (Lipinski definition) is 0. The smallest absolute Gasteiger partial charge is 0.149 e. The molecular weight excluding hydrogens is 224 g/mol. The summed E-state index contributed by atoms with van der Waals surface area (Å²) in [5.74, 6) is 1.25. The number of alkyl halides is 1. The SMILES string of the molecule is Cc1nn(Cc2ncccn2)c(C)c1CCl. The number of halogens is 1. The van der Waals surface area contributed by atoms with Crippen molar-refractivity contribution in [3.63, 3.8) is 0 Å². The van der Waals surface area contributed by atoms with Crippen LogP contribution in [-0.4, -0.2) is 19.7 Å². The second kappa shape index (κ2) is 4.61. The predicted molar refractivity (Wildman–Crippen MR) is 62.4 cm³/mol. The van der Waals surface area contributed by atoms with E-state index in [4.69, 9.17) is 11.6 Å². The molecule has 0 radical (unpaired) electrons. The molecule has 0 saturated heterocycles. The summed E-state index contributed by atoms with van der Waals surface area (Å²) in [4.78, 5) is 8.35. The number of nitrogens with zero attached hydrogens (tertiary/aromatic N) is 4. The Morgan fingerprint density at radius 2 is 1.94 bits per heavy atom. The second-order valence-corrected chi connectivity index (χ2v) is 3.87. The average molecular weight is 237 g/mol.